The fourth-order valence-electron chi connectivity index (χ4n) is 3.36. The van der Waals surface area contributed by atoms with E-state index in [2.05, 4.69) is 78.6 Å². The van der Waals surface area contributed by atoms with Gasteiger partial charge in [-0.3, -0.25) is 10.1 Å². The van der Waals surface area contributed by atoms with Crippen LogP contribution in [-0.2, 0) is 0 Å². The van der Waals surface area contributed by atoms with Crippen molar-refractivity contribution in [3.63, 3.8) is 0 Å². The predicted molar refractivity (Wildman–Crippen MR) is 121 cm³/mol. The van der Waals surface area contributed by atoms with Gasteiger partial charge in [0.05, 0.1) is 10.3 Å². The highest BCUT2D eigenvalue weighted by Gasteiger charge is 2.25. The third kappa shape index (κ3) is 3.45. The molecule has 3 aromatic carbocycles. The van der Waals surface area contributed by atoms with Crippen LogP contribution in [0.25, 0.3) is 0 Å². The van der Waals surface area contributed by atoms with Gasteiger partial charge in [0, 0.05) is 10.9 Å². The Morgan fingerprint density at radius 2 is 1.18 bits per heavy atom. The Labute approximate surface area is 168 Å². The van der Waals surface area contributed by atoms with Crippen LogP contribution >= 0.6 is 18.2 Å². The van der Waals surface area contributed by atoms with Gasteiger partial charge in [-0.2, -0.15) is 0 Å². The molecule has 3 nitrogen and oxygen atoms in total. The number of nitrogens with zero attached hydrogens (tertiary/aromatic N) is 1. The second-order valence-corrected chi connectivity index (χ2v) is 10.5. The number of hydrogen-bond donors (Lipinski definition) is 0. The molecule has 4 rings (SSSR count). The molecule has 0 bridgehead atoms. The van der Waals surface area contributed by atoms with Gasteiger partial charge in [-0.05, 0) is 28.6 Å². The Balaban J connectivity index is 2.09. The number of hydrogen-bond acceptors (Lipinski definition) is 3. The van der Waals surface area contributed by atoms with E-state index in [-0.39, 0.29) is 10.6 Å². The molecule has 138 valence electrons. The minimum Gasteiger partial charge on any atom is -0.258 e. The molecule has 0 amide bonds. The van der Waals surface area contributed by atoms with Gasteiger partial charge in [0.1, 0.15) is 0 Å². The zero-order chi connectivity index (χ0) is 19.4. The largest absolute Gasteiger partial charge is 0.280 e. The summed E-state index contributed by atoms with van der Waals surface area (Å²) < 4.78 is 0. The molecule has 0 atom stereocenters. The average Bonchev–Trinajstić information content (AvgIpc) is 3.23. The van der Waals surface area contributed by atoms with E-state index in [9.17, 15) is 10.1 Å². The lowest BCUT2D eigenvalue weighted by Crippen LogP contribution is -2.27. The highest BCUT2D eigenvalue weighted by Crippen LogP contribution is 2.45. The summed E-state index contributed by atoms with van der Waals surface area (Å²) in [6, 6.07) is 33.0. The Morgan fingerprint density at radius 3 is 1.54 bits per heavy atom. The van der Waals surface area contributed by atoms with Gasteiger partial charge >= 0.3 is 0 Å². The first-order chi connectivity index (χ1) is 13.7. The van der Waals surface area contributed by atoms with Crippen molar-refractivity contribution in [3.05, 3.63) is 117 Å². The molecule has 4 aromatic rings. The van der Waals surface area contributed by atoms with E-state index in [1.807, 2.05) is 18.2 Å². The van der Waals surface area contributed by atoms with Crippen LogP contribution in [0.1, 0.15) is 4.88 Å². The molecule has 0 aliphatic heterocycles. The molecule has 0 spiro atoms. The molecule has 0 saturated heterocycles. The number of rotatable bonds is 5. The summed E-state index contributed by atoms with van der Waals surface area (Å²) in [5, 5.41) is 16.5. The van der Waals surface area contributed by atoms with E-state index in [0.717, 1.165) is 4.88 Å². The zero-order valence-corrected chi connectivity index (χ0v) is 16.7. The van der Waals surface area contributed by atoms with Crippen LogP contribution < -0.4 is 15.9 Å². The first-order valence-corrected chi connectivity index (χ1v) is 11.6. The van der Waals surface area contributed by atoms with Gasteiger partial charge < -0.3 is 0 Å². The smallest absolute Gasteiger partial charge is 0.258 e. The molecule has 0 unspecified atom stereocenters. The molecular weight excluding hydrogens is 385 g/mol. The van der Waals surface area contributed by atoms with Crippen LogP contribution in [0.2, 0.25) is 0 Å². The molecular formula is C23H18NO2PS. The van der Waals surface area contributed by atoms with Crippen LogP contribution in [0.15, 0.2) is 102 Å². The molecule has 0 radical (unpaired) electrons. The summed E-state index contributed by atoms with van der Waals surface area (Å²) in [5.41, 5.74) is 0.142. The topological polar surface area (TPSA) is 43.1 Å². The summed E-state index contributed by atoms with van der Waals surface area (Å²) in [6.45, 7) is -2.13. The van der Waals surface area contributed by atoms with Crippen molar-refractivity contribution >= 4 is 45.6 Å². The lowest BCUT2D eigenvalue weighted by molar-refractivity contribution is -0.384. The quantitative estimate of drug-likeness (QED) is 0.273. The van der Waals surface area contributed by atoms with Gasteiger partial charge in [-0.1, -0.05) is 91.0 Å². The van der Waals surface area contributed by atoms with Gasteiger partial charge in [0.25, 0.3) is 5.69 Å². The Hall–Kier alpha value is -2.94. The number of nitro groups is 1. The Bertz CT molecular complexity index is 1040. The van der Waals surface area contributed by atoms with Gasteiger partial charge in [-0.15, -0.1) is 11.3 Å². The average molecular weight is 403 g/mol. The second-order valence-electron chi connectivity index (χ2n) is 6.32. The Morgan fingerprint density at radius 1 is 0.750 bits per heavy atom. The molecule has 0 aliphatic rings. The maximum atomic E-state index is 11.2. The summed E-state index contributed by atoms with van der Waals surface area (Å²) in [4.78, 5) is 11.8. The first-order valence-electron chi connectivity index (χ1n) is 8.84. The summed E-state index contributed by atoms with van der Waals surface area (Å²) in [6.07, 6.45) is 0. The summed E-state index contributed by atoms with van der Waals surface area (Å²) >= 11 is 1.42. The Kier molecular flexibility index (Phi) is 5.25. The predicted octanol–water partition coefficient (Wildman–Crippen LogP) is 4.80. The van der Waals surface area contributed by atoms with E-state index in [1.165, 1.54) is 27.3 Å². The molecule has 1 aromatic heterocycles. The molecule has 0 aliphatic carbocycles. The molecule has 28 heavy (non-hydrogen) atoms. The highest BCUT2D eigenvalue weighted by atomic mass is 32.1. The highest BCUT2D eigenvalue weighted by molar-refractivity contribution is 7.94. The molecule has 0 fully saturated rings. The second kappa shape index (κ2) is 7.97. The van der Waals surface area contributed by atoms with Crippen molar-refractivity contribution in [2.45, 2.75) is 0 Å². The normalized spacial score (nSPS) is 11.1. The van der Waals surface area contributed by atoms with Crippen LogP contribution in [0, 0.1) is 10.1 Å². The van der Waals surface area contributed by atoms with E-state index >= 15 is 0 Å². The van der Waals surface area contributed by atoms with Crippen molar-refractivity contribution in [1.82, 2.24) is 0 Å². The maximum absolute atomic E-state index is 11.2. The van der Waals surface area contributed by atoms with Gasteiger partial charge in [0.15, 0.2) is 0 Å². The van der Waals surface area contributed by atoms with Crippen LogP contribution in [0.5, 0.6) is 0 Å². The third-order valence-electron chi connectivity index (χ3n) is 4.63. The van der Waals surface area contributed by atoms with E-state index in [1.54, 1.807) is 11.4 Å². The van der Waals surface area contributed by atoms with E-state index in [0.29, 0.717) is 0 Å². The molecule has 0 saturated carbocycles. The van der Waals surface area contributed by atoms with E-state index in [4.69, 9.17) is 0 Å². The lowest BCUT2D eigenvalue weighted by Gasteiger charge is -2.28. The number of thiophene rings is 1. The molecule has 1 heterocycles. The van der Waals surface area contributed by atoms with Crippen molar-refractivity contribution < 1.29 is 4.92 Å². The third-order valence-corrected chi connectivity index (χ3v) is 9.67. The van der Waals surface area contributed by atoms with E-state index < -0.39 is 6.89 Å². The van der Waals surface area contributed by atoms with Crippen molar-refractivity contribution in [1.29, 1.82) is 0 Å². The van der Waals surface area contributed by atoms with Crippen LogP contribution in [-0.4, -0.2) is 10.7 Å². The number of benzene rings is 3. The monoisotopic (exact) mass is 403 g/mol. The van der Waals surface area contributed by atoms with Gasteiger partial charge in [-0.25, -0.2) is 0 Å². The van der Waals surface area contributed by atoms with Crippen molar-refractivity contribution in [2.24, 2.45) is 0 Å². The standard InChI is InChI=1S/C23H18NO2PS/c25-24(26)19-16-23(28-18-19)17-27(20-10-4-1-5-11-20,21-12-6-2-7-13-21)22-14-8-3-9-15-22/h1-18H. The molecule has 0 N–H and O–H groups in total. The minimum atomic E-state index is -2.13. The molecule has 5 heteroatoms. The zero-order valence-electron chi connectivity index (χ0n) is 15.0. The van der Waals surface area contributed by atoms with Crippen LogP contribution in [0.4, 0.5) is 5.69 Å². The van der Waals surface area contributed by atoms with Gasteiger partial charge in [0.2, 0.25) is 0 Å². The minimum absolute atomic E-state index is 0.142. The lowest BCUT2D eigenvalue weighted by atomic mass is 10.4. The maximum Gasteiger partial charge on any atom is 0.280 e. The fourth-order valence-corrected chi connectivity index (χ4v) is 8.40. The summed E-state index contributed by atoms with van der Waals surface area (Å²) in [7, 11) is 0. The first kappa shape index (κ1) is 18.4. The SMILES string of the molecule is O=[N+]([O-])c1csc(C=P(c2ccccc2)(c2ccccc2)c2ccccc2)c1. The van der Waals surface area contributed by atoms with Crippen molar-refractivity contribution in [3.8, 4) is 0 Å². The van der Waals surface area contributed by atoms with Crippen LogP contribution in [0.3, 0.4) is 0 Å². The summed E-state index contributed by atoms with van der Waals surface area (Å²) in [5.74, 6) is 2.25. The van der Waals surface area contributed by atoms with Crippen molar-refractivity contribution in [2.75, 3.05) is 0 Å². The fraction of sp³-hybridized carbons (Fsp3) is 0.